The summed E-state index contributed by atoms with van der Waals surface area (Å²) in [6.07, 6.45) is -1.27. The number of hydrogen-bond acceptors (Lipinski definition) is 1. The molecule has 0 N–H and O–H groups in total. The third-order valence-corrected chi connectivity index (χ3v) is 3.20. The predicted octanol–water partition coefficient (Wildman–Crippen LogP) is 4.18. The smallest absolute Gasteiger partial charge is 0.265 e. The van der Waals surface area contributed by atoms with Crippen molar-refractivity contribution >= 4 is 15.9 Å². The molecule has 1 aromatic carbocycles. The third-order valence-electron chi connectivity index (χ3n) is 2.55. The van der Waals surface area contributed by atoms with E-state index in [1.54, 1.807) is 6.07 Å². The Kier molecular flexibility index (Phi) is 3.78. The van der Waals surface area contributed by atoms with Crippen LogP contribution in [0.25, 0.3) is 5.69 Å². The van der Waals surface area contributed by atoms with Gasteiger partial charge < -0.3 is 4.57 Å². The second-order valence-electron chi connectivity index (χ2n) is 3.74. The van der Waals surface area contributed by atoms with Crippen LogP contribution in [0.2, 0.25) is 0 Å². The first kappa shape index (κ1) is 12.8. The highest BCUT2D eigenvalue weighted by atomic mass is 79.9. The van der Waals surface area contributed by atoms with Crippen LogP contribution in [0.1, 0.15) is 23.2 Å². The Hall–Kier alpha value is -1.67. The summed E-state index contributed by atoms with van der Waals surface area (Å²) in [4.78, 5) is 0. The molecule has 0 amide bonds. The van der Waals surface area contributed by atoms with E-state index in [0.29, 0.717) is 11.0 Å². The van der Waals surface area contributed by atoms with Crippen molar-refractivity contribution in [1.82, 2.24) is 4.57 Å². The maximum atomic E-state index is 12.6. The number of aromatic nitrogens is 1. The van der Waals surface area contributed by atoms with Crippen LogP contribution in [0, 0.1) is 11.3 Å². The van der Waals surface area contributed by atoms with E-state index in [9.17, 15) is 8.78 Å². The van der Waals surface area contributed by atoms with Crippen molar-refractivity contribution < 1.29 is 8.78 Å². The van der Waals surface area contributed by atoms with E-state index < -0.39 is 6.43 Å². The van der Waals surface area contributed by atoms with Gasteiger partial charge in [-0.15, -0.1) is 0 Å². The summed E-state index contributed by atoms with van der Waals surface area (Å²) in [5.41, 5.74) is 1.78. The molecule has 2 nitrogen and oxygen atoms in total. The number of hydrogen-bond donors (Lipinski definition) is 0. The first-order valence-corrected chi connectivity index (χ1v) is 6.33. The molecule has 1 heterocycles. The van der Waals surface area contributed by atoms with Crippen LogP contribution in [0.15, 0.2) is 36.5 Å². The molecule has 0 saturated heterocycles. The molecule has 0 fully saturated rings. The van der Waals surface area contributed by atoms with Crippen LogP contribution in [0.3, 0.4) is 0 Å². The SMILES string of the molecule is N#Cc1cc(C(F)F)cn1-c1cccc(CBr)c1. The molecule has 92 valence electrons. The molecule has 0 aliphatic rings. The molecule has 2 rings (SSSR count). The summed E-state index contributed by atoms with van der Waals surface area (Å²) in [6.45, 7) is 0. The number of nitriles is 1. The lowest BCUT2D eigenvalue weighted by molar-refractivity contribution is 0.151. The van der Waals surface area contributed by atoms with E-state index in [1.165, 1.54) is 16.8 Å². The van der Waals surface area contributed by atoms with Crippen LogP contribution in [-0.2, 0) is 5.33 Å². The molecular weight excluding hydrogens is 302 g/mol. The lowest BCUT2D eigenvalue weighted by atomic mass is 10.2. The molecule has 5 heteroatoms. The first-order chi connectivity index (χ1) is 8.65. The van der Waals surface area contributed by atoms with Gasteiger partial charge in [-0.1, -0.05) is 28.1 Å². The molecule has 1 aromatic heterocycles. The zero-order chi connectivity index (χ0) is 13.1. The Bertz CT molecular complexity index is 599. The molecule has 0 bridgehead atoms. The Morgan fingerprint density at radius 1 is 1.33 bits per heavy atom. The van der Waals surface area contributed by atoms with E-state index in [1.807, 2.05) is 24.3 Å². The van der Waals surface area contributed by atoms with Crippen molar-refractivity contribution in [3.05, 3.63) is 53.3 Å². The standard InChI is InChI=1S/C13H9BrF2N2/c14-6-9-2-1-3-11(4-9)18-8-10(13(15)16)5-12(18)7-17/h1-5,8,13H,6H2. The van der Waals surface area contributed by atoms with Crippen molar-refractivity contribution in [2.24, 2.45) is 0 Å². The van der Waals surface area contributed by atoms with Gasteiger partial charge in [-0.2, -0.15) is 5.26 Å². The Morgan fingerprint density at radius 2 is 2.11 bits per heavy atom. The highest BCUT2D eigenvalue weighted by molar-refractivity contribution is 9.08. The van der Waals surface area contributed by atoms with Crippen LogP contribution < -0.4 is 0 Å². The fraction of sp³-hybridized carbons (Fsp3) is 0.154. The van der Waals surface area contributed by atoms with Crippen molar-refractivity contribution in [2.75, 3.05) is 0 Å². The van der Waals surface area contributed by atoms with Gasteiger partial charge in [0.15, 0.2) is 0 Å². The number of alkyl halides is 3. The second kappa shape index (κ2) is 5.32. The van der Waals surface area contributed by atoms with Crippen molar-refractivity contribution in [2.45, 2.75) is 11.8 Å². The molecular formula is C13H9BrF2N2. The van der Waals surface area contributed by atoms with Gasteiger partial charge in [-0.3, -0.25) is 0 Å². The zero-order valence-electron chi connectivity index (χ0n) is 9.28. The van der Waals surface area contributed by atoms with Gasteiger partial charge in [0.2, 0.25) is 0 Å². The van der Waals surface area contributed by atoms with Crippen molar-refractivity contribution in [3.8, 4) is 11.8 Å². The summed E-state index contributed by atoms with van der Waals surface area (Å²) in [5, 5.41) is 9.65. The Balaban J connectivity index is 2.52. The summed E-state index contributed by atoms with van der Waals surface area (Å²) in [5.74, 6) is 0. The number of rotatable bonds is 3. The molecule has 2 aromatic rings. The lowest BCUT2D eigenvalue weighted by Gasteiger charge is -2.06. The van der Waals surface area contributed by atoms with Gasteiger partial charge >= 0.3 is 0 Å². The van der Waals surface area contributed by atoms with E-state index >= 15 is 0 Å². The van der Waals surface area contributed by atoms with Crippen LogP contribution in [-0.4, -0.2) is 4.57 Å². The molecule has 0 spiro atoms. The summed E-state index contributed by atoms with van der Waals surface area (Å²) in [6, 6.07) is 10.5. The third kappa shape index (κ3) is 2.44. The molecule has 0 radical (unpaired) electrons. The van der Waals surface area contributed by atoms with Gasteiger partial charge in [0, 0.05) is 22.8 Å². The predicted molar refractivity (Wildman–Crippen MR) is 68.1 cm³/mol. The maximum absolute atomic E-state index is 12.6. The van der Waals surface area contributed by atoms with Crippen LogP contribution >= 0.6 is 15.9 Å². The highest BCUT2D eigenvalue weighted by Crippen LogP contribution is 2.24. The van der Waals surface area contributed by atoms with E-state index in [4.69, 9.17) is 5.26 Å². The maximum Gasteiger partial charge on any atom is 0.265 e. The molecule has 0 aliphatic carbocycles. The summed E-state index contributed by atoms with van der Waals surface area (Å²) in [7, 11) is 0. The van der Waals surface area contributed by atoms with Gasteiger partial charge in [-0.05, 0) is 23.8 Å². The minimum absolute atomic E-state index is 0.143. The van der Waals surface area contributed by atoms with Gasteiger partial charge in [0.05, 0.1) is 0 Å². The normalized spacial score (nSPS) is 10.6. The lowest BCUT2D eigenvalue weighted by Crippen LogP contribution is -1.95. The second-order valence-corrected chi connectivity index (χ2v) is 4.31. The largest absolute Gasteiger partial charge is 0.308 e. The van der Waals surface area contributed by atoms with Gasteiger partial charge in [0.1, 0.15) is 11.8 Å². The first-order valence-electron chi connectivity index (χ1n) is 5.21. The summed E-state index contributed by atoms with van der Waals surface area (Å²) < 4.78 is 26.7. The molecule has 0 unspecified atom stereocenters. The number of benzene rings is 1. The van der Waals surface area contributed by atoms with Crippen LogP contribution in [0.4, 0.5) is 8.78 Å². The topological polar surface area (TPSA) is 28.7 Å². The minimum Gasteiger partial charge on any atom is -0.308 e. The van der Waals surface area contributed by atoms with Crippen molar-refractivity contribution in [1.29, 1.82) is 5.26 Å². The zero-order valence-corrected chi connectivity index (χ0v) is 10.9. The average molecular weight is 311 g/mol. The molecule has 0 saturated carbocycles. The van der Waals surface area contributed by atoms with Gasteiger partial charge in [0.25, 0.3) is 6.43 Å². The van der Waals surface area contributed by atoms with E-state index in [0.717, 1.165) is 5.56 Å². The number of nitrogens with zero attached hydrogens (tertiary/aromatic N) is 2. The fourth-order valence-electron chi connectivity index (χ4n) is 1.69. The van der Waals surface area contributed by atoms with E-state index in [-0.39, 0.29) is 11.3 Å². The fourth-order valence-corrected chi connectivity index (χ4v) is 2.04. The number of halogens is 3. The Morgan fingerprint density at radius 3 is 2.72 bits per heavy atom. The minimum atomic E-state index is -2.57. The Labute approximate surface area is 112 Å². The summed E-state index contributed by atoms with van der Waals surface area (Å²) >= 11 is 3.33. The van der Waals surface area contributed by atoms with E-state index in [2.05, 4.69) is 15.9 Å². The quantitative estimate of drug-likeness (QED) is 0.782. The van der Waals surface area contributed by atoms with Crippen LogP contribution in [0.5, 0.6) is 0 Å². The molecule has 0 atom stereocenters. The van der Waals surface area contributed by atoms with Crippen molar-refractivity contribution in [3.63, 3.8) is 0 Å². The van der Waals surface area contributed by atoms with Gasteiger partial charge in [-0.25, -0.2) is 8.78 Å². The highest BCUT2D eigenvalue weighted by Gasteiger charge is 2.14. The average Bonchev–Trinajstić information content (AvgIpc) is 2.83. The monoisotopic (exact) mass is 310 g/mol. The molecule has 0 aliphatic heterocycles. The molecule has 18 heavy (non-hydrogen) atoms.